The van der Waals surface area contributed by atoms with Gasteiger partial charge in [-0.2, -0.15) is 0 Å². The van der Waals surface area contributed by atoms with E-state index >= 15 is 0 Å². The molecule has 29 heavy (non-hydrogen) atoms. The first-order valence-corrected chi connectivity index (χ1v) is 10.8. The molecule has 1 aromatic heterocycles. The van der Waals surface area contributed by atoms with E-state index in [4.69, 9.17) is 0 Å². The molecule has 0 unspecified atom stereocenters. The number of nitrogens with one attached hydrogen (secondary N) is 1. The molecular weight excluding hydrogens is 391 g/mol. The number of hydrogen-bond donors (Lipinski definition) is 1. The Kier molecular flexibility index (Phi) is 6.62. The Morgan fingerprint density at radius 2 is 2.00 bits per heavy atom. The van der Waals surface area contributed by atoms with Gasteiger partial charge in [-0.05, 0) is 50.7 Å². The highest BCUT2D eigenvalue weighted by atomic mass is 32.1. The molecule has 1 N–H and O–H groups in total. The Hall–Kier alpha value is -2.35. The van der Waals surface area contributed by atoms with E-state index in [-0.39, 0.29) is 29.1 Å². The summed E-state index contributed by atoms with van der Waals surface area (Å²) in [6, 6.07) is 4.94. The molecule has 8 heteroatoms. The summed E-state index contributed by atoms with van der Waals surface area (Å²) in [5.41, 5.74) is -0.0983. The molecule has 2 aromatic rings. The second-order valence-electron chi connectivity index (χ2n) is 8.09. The van der Waals surface area contributed by atoms with E-state index in [9.17, 15) is 14.0 Å². The molecule has 1 heterocycles. The van der Waals surface area contributed by atoms with Crippen molar-refractivity contribution in [3.05, 3.63) is 46.7 Å². The van der Waals surface area contributed by atoms with Crippen LogP contribution in [0.15, 0.2) is 29.6 Å². The number of carbonyl (C=O) groups is 2. The molecule has 1 aliphatic carbocycles. The Bertz CT molecular complexity index is 850. The van der Waals surface area contributed by atoms with Crippen LogP contribution < -0.4 is 5.32 Å². The molecular formula is C21H27FN4O2S. The normalized spacial score (nSPS) is 15.9. The lowest BCUT2D eigenvalue weighted by atomic mass is 9.97. The topological polar surface area (TPSA) is 75.2 Å². The number of rotatable bonds is 7. The van der Waals surface area contributed by atoms with Crippen molar-refractivity contribution >= 4 is 23.3 Å². The van der Waals surface area contributed by atoms with Gasteiger partial charge in [0, 0.05) is 22.5 Å². The molecule has 1 saturated carbocycles. The van der Waals surface area contributed by atoms with E-state index in [0.29, 0.717) is 6.42 Å². The zero-order valence-corrected chi connectivity index (χ0v) is 17.8. The van der Waals surface area contributed by atoms with E-state index in [1.54, 1.807) is 23.6 Å². The molecule has 1 fully saturated rings. The van der Waals surface area contributed by atoms with Crippen molar-refractivity contribution in [3.8, 4) is 0 Å². The first kappa shape index (κ1) is 21.4. The van der Waals surface area contributed by atoms with Crippen LogP contribution in [0.4, 0.5) is 4.39 Å². The van der Waals surface area contributed by atoms with E-state index < -0.39 is 17.4 Å². The molecule has 0 saturated heterocycles. The number of carbonyl (C=O) groups excluding carboxylic acids is 2. The summed E-state index contributed by atoms with van der Waals surface area (Å²) in [7, 11) is 0. The second kappa shape index (κ2) is 8.98. The molecule has 2 amide bonds. The Labute approximate surface area is 174 Å². The van der Waals surface area contributed by atoms with Crippen LogP contribution in [-0.2, 0) is 4.79 Å². The van der Waals surface area contributed by atoms with Crippen molar-refractivity contribution < 1.29 is 14.0 Å². The summed E-state index contributed by atoms with van der Waals surface area (Å²) < 4.78 is 18.6. The van der Waals surface area contributed by atoms with Gasteiger partial charge in [-0.3, -0.25) is 9.59 Å². The molecule has 0 aliphatic heterocycles. The molecule has 0 bridgehead atoms. The second-order valence-corrected chi connectivity index (χ2v) is 8.70. The highest BCUT2D eigenvalue weighted by Crippen LogP contribution is 2.34. The van der Waals surface area contributed by atoms with Gasteiger partial charge >= 0.3 is 0 Å². The van der Waals surface area contributed by atoms with Gasteiger partial charge in [-0.25, -0.2) is 4.39 Å². The first-order valence-electron chi connectivity index (χ1n) is 10.00. The maximum absolute atomic E-state index is 14.8. The zero-order valence-electron chi connectivity index (χ0n) is 17.0. The Morgan fingerprint density at radius 3 is 2.59 bits per heavy atom. The molecule has 0 radical (unpaired) electrons. The third-order valence-electron chi connectivity index (χ3n) is 5.60. The summed E-state index contributed by atoms with van der Waals surface area (Å²) in [6.07, 6.45) is 4.19. The third kappa shape index (κ3) is 4.80. The number of nitrogens with zero attached hydrogens (tertiary/aromatic N) is 3. The summed E-state index contributed by atoms with van der Waals surface area (Å²) in [4.78, 5) is 28.4. The predicted molar refractivity (Wildman–Crippen MR) is 110 cm³/mol. The lowest BCUT2D eigenvalue weighted by Crippen LogP contribution is -2.52. The SMILES string of the molecule is CCC(C)(C)NC(=O)[C@@H](c1ccccc1F)N(C(=O)c1csnn1)C1CCCC1. The van der Waals surface area contributed by atoms with Crippen LogP contribution in [0.2, 0.25) is 0 Å². The van der Waals surface area contributed by atoms with Crippen molar-refractivity contribution in [2.75, 3.05) is 0 Å². The number of aromatic nitrogens is 2. The fourth-order valence-electron chi connectivity index (χ4n) is 3.67. The van der Waals surface area contributed by atoms with Crippen molar-refractivity contribution in [1.29, 1.82) is 0 Å². The van der Waals surface area contributed by atoms with Crippen LogP contribution in [0.1, 0.15) is 75.0 Å². The van der Waals surface area contributed by atoms with Gasteiger partial charge in [0.1, 0.15) is 11.9 Å². The minimum atomic E-state index is -1.07. The molecule has 1 aromatic carbocycles. The van der Waals surface area contributed by atoms with Crippen LogP contribution in [0, 0.1) is 5.82 Å². The van der Waals surface area contributed by atoms with Crippen LogP contribution in [-0.4, -0.2) is 37.9 Å². The number of halogens is 1. The molecule has 1 aliphatic rings. The van der Waals surface area contributed by atoms with E-state index in [2.05, 4.69) is 14.9 Å². The average Bonchev–Trinajstić information content (AvgIpc) is 3.40. The van der Waals surface area contributed by atoms with Gasteiger partial charge in [0.05, 0.1) is 0 Å². The first-order chi connectivity index (χ1) is 13.8. The summed E-state index contributed by atoms with van der Waals surface area (Å²) in [5, 5.41) is 8.48. The van der Waals surface area contributed by atoms with Crippen molar-refractivity contribution in [2.24, 2.45) is 0 Å². The largest absolute Gasteiger partial charge is 0.349 e. The summed E-state index contributed by atoms with van der Waals surface area (Å²) in [5.74, 6) is -1.28. The predicted octanol–water partition coefficient (Wildman–Crippen LogP) is 4.11. The van der Waals surface area contributed by atoms with Gasteiger partial charge in [0.2, 0.25) is 5.91 Å². The minimum absolute atomic E-state index is 0.149. The Morgan fingerprint density at radius 1 is 1.31 bits per heavy atom. The molecule has 1 atom stereocenters. The van der Waals surface area contributed by atoms with Gasteiger partial charge in [0.25, 0.3) is 5.91 Å². The highest BCUT2D eigenvalue weighted by molar-refractivity contribution is 7.03. The molecule has 0 spiro atoms. The van der Waals surface area contributed by atoms with Crippen molar-refractivity contribution in [1.82, 2.24) is 19.8 Å². The average molecular weight is 419 g/mol. The maximum Gasteiger partial charge on any atom is 0.276 e. The lowest BCUT2D eigenvalue weighted by Gasteiger charge is -2.37. The van der Waals surface area contributed by atoms with Crippen LogP contribution in [0.25, 0.3) is 0 Å². The van der Waals surface area contributed by atoms with Gasteiger partial charge in [-0.15, -0.1) is 5.10 Å². The van der Waals surface area contributed by atoms with Crippen LogP contribution in [0.5, 0.6) is 0 Å². The Balaban J connectivity index is 2.08. The van der Waals surface area contributed by atoms with Crippen LogP contribution >= 0.6 is 11.5 Å². The lowest BCUT2D eigenvalue weighted by molar-refractivity contribution is -0.128. The summed E-state index contributed by atoms with van der Waals surface area (Å²) >= 11 is 1.08. The third-order valence-corrected chi connectivity index (χ3v) is 6.11. The zero-order chi connectivity index (χ0) is 21.0. The fourth-order valence-corrected chi connectivity index (χ4v) is 4.10. The van der Waals surface area contributed by atoms with Gasteiger partial charge < -0.3 is 10.2 Å². The minimum Gasteiger partial charge on any atom is -0.349 e. The van der Waals surface area contributed by atoms with Crippen molar-refractivity contribution in [2.45, 2.75) is 70.5 Å². The molecule has 3 rings (SSSR count). The quantitative estimate of drug-likeness (QED) is 0.734. The van der Waals surface area contributed by atoms with E-state index in [0.717, 1.165) is 37.2 Å². The van der Waals surface area contributed by atoms with E-state index in [1.165, 1.54) is 11.0 Å². The van der Waals surface area contributed by atoms with Gasteiger partial charge in [-0.1, -0.05) is 42.5 Å². The van der Waals surface area contributed by atoms with E-state index in [1.807, 2.05) is 20.8 Å². The van der Waals surface area contributed by atoms with Crippen molar-refractivity contribution in [3.63, 3.8) is 0 Å². The number of amides is 2. The molecule has 6 nitrogen and oxygen atoms in total. The van der Waals surface area contributed by atoms with Crippen LogP contribution in [0.3, 0.4) is 0 Å². The monoisotopic (exact) mass is 418 g/mol. The van der Waals surface area contributed by atoms with Gasteiger partial charge in [0.15, 0.2) is 5.69 Å². The fraction of sp³-hybridized carbons (Fsp3) is 0.524. The standard InChI is InChI=1S/C21H27FN4O2S/c1-4-21(2,3)23-19(27)18(15-11-7-8-12-16(15)22)26(14-9-5-6-10-14)20(28)17-13-29-25-24-17/h7-8,11-14,18H,4-6,9-10H2,1-3H3,(H,23,27)/t18-/m1/s1. The highest BCUT2D eigenvalue weighted by Gasteiger charge is 2.41. The molecule has 156 valence electrons. The number of hydrogen-bond acceptors (Lipinski definition) is 5. The summed E-state index contributed by atoms with van der Waals surface area (Å²) in [6.45, 7) is 5.80. The maximum atomic E-state index is 14.8. The number of benzene rings is 1. The smallest absolute Gasteiger partial charge is 0.276 e.